The second-order valence-electron chi connectivity index (χ2n) is 4.63. The van der Waals surface area contributed by atoms with Crippen molar-refractivity contribution in [1.29, 1.82) is 0 Å². The number of epoxide rings is 1. The van der Waals surface area contributed by atoms with Gasteiger partial charge in [0.2, 0.25) is 0 Å². The van der Waals surface area contributed by atoms with Crippen molar-refractivity contribution in [2.75, 3.05) is 13.7 Å². The van der Waals surface area contributed by atoms with Crippen LogP contribution < -0.4 is 5.32 Å². The third-order valence-corrected chi connectivity index (χ3v) is 6.38. The number of rotatable bonds is 4. The Bertz CT molecular complexity index is 635. The lowest BCUT2D eigenvalue weighted by Crippen LogP contribution is -2.26. The van der Waals surface area contributed by atoms with E-state index < -0.39 is 0 Å². The van der Waals surface area contributed by atoms with Crippen molar-refractivity contribution in [1.82, 2.24) is 15.3 Å². The number of hydrogen-bond acceptors (Lipinski definition) is 6. The van der Waals surface area contributed by atoms with Crippen LogP contribution >= 0.6 is 34.7 Å². The highest BCUT2D eigenvalue weighted by atomic mass is 35.5. The molecule has 1 saturated heterocycles. The molecular formula is C13H14ClN3OS2. The zero-order valence-electron chi connectivity index (χ0n) is 11.4. The first-order valence-corrected chi connectivity index (χ1v) is 8.15. The molecule has 1 N–H and O–H groups in total. The molecule has 0 aliphatic carbocycles. The molecule has 2 aromatic heterocycles. The maximum atomic E-state index is 6.23. The standard InChI is InChI=1S/C13H14ClN3OS2/c1-7-4-16-5-9(14)10(7)19-11-8(2)17-12(20-11)13(15-3)6-18-13/h4-5,15H,6H2,1-3H3. The van der Waals surface area contributed by atoms with Crippen LogP contribution in [0.15, 0.2) is 21.5 Å². The number of hydrogen-bond donors (Lipinski definition) is 1. The number of pyridine rings is 1. The number of nitrogens with one attached hydrogen (secondary N) is 1. The molecule has 1 atom stereocenters. The van der Waals surface area contributed by atoms with Gasteiger partial charge in [0.15, 0.2) is 5.72 Å². The second-order valence-corrected chi connectivity index (χ2v) is 7.31. The van der Waals surface area contributed by atoms with Crippen LogP contribution in [0.4, 0.5) is 0 Å². The van der Waals surface area contributed by atoms with Crippen molar-refractivity contribution in [3.05, 3.63) is 33.7 Å². The van der Waals surface area contributed by atoms with E-state index in [1.165, 1.54) is 0 Å². The Morgan fingerprint density at radius 1 is 1.45 bits per heavy atom. The van der Waals surface area contributed by atoms with E-state index in [-0.39, 0.29) is 5.72 Å². The highest BCUT2D eigenvalue weighted by Crippen LogP contribution is 2.44. The summed E-state index contributed by atoms with van der Waals surface area (Å²) in [4.78, 5) is 9.75. The summed E-state index contributed by atoms with van der Waals surface area (Å²) >= 11 is 9.53. The van der Waals surface area contributed by atoms with Gasteiger partial charge in [0.25, 0.3) is 0 Å². The number of aryl methyl sites for hydroxylation is 2. The summed E-state index contributed by atoms with van der Waals surface area (Å²) in [6.07, 6.45) is 3.50. The quantitative estimate of drug-likeness (QED) is 0.873. The van der Waals surface area contributed by atoms with E-state index in [4.69, 9.17) is 16.3 Å². The molecule has 0 radical (unpaired) electrons. The SMILES string of the molecule is CNC1(c2nc(C)c(Sc3c(C)cncc3Cl)s2)CO1. The predicted molar refractivity (Wildman–Crippen MR) is 81.6 cm³/mol. The van der Waals surface area contributed by atoms with Gasteiger partial charge in [0, 0.05) is 17.3 Å². The minimum absolute atomic E-state index is 0.370. The van der Waals surface area contributed by atoms with Gasteiger partial charge in [-0.05, 0) is 26.5 Å². The van der Waals surface area contributed by atoms with Gasteiger partial charge >= 0.3 is 0 Å². The summed E-state index contributed by atoms with van der Waals surface area (Å²) in [6.45, 7) is 4.70. The number of thiazole rings is 1. The molecule has 1 aliphatic heterocycles. The highest BCUT2D eigenvalue weighted by molar-refractivity contribution is 8.01. The smallest absolute Gasteiger partial charge is 0.195 e. The molecule has 3 heterocycles. The summed E-state index contributed by atoms with van der Waals surface area (Å²) in [6, 6.07) is 0. The van der Waals surface area contributed by atoms with Crippen LogP contribution in [0.2, 0.25) is 5.02 Å². The number of nitrogens with zero attached hydrogens (tertiary/aromatic N) is 2. The van der Waals surface area contributed by atoms with Crippen molar-refractivity contribution in [3.8, 4) is 0 Å². The Morgan fingerprint density at radius 3 is 2.80 bits per heavy atom. The van der Waals surface area contributed by atoms with Crippen LogP contribution in [0.1, 0.15) is 16.3 Å². The molecule has 0 bridgehead atoms. The molecule has 1 unspecified atom stereocenters. The summed E-state index contributed by atoms with van der Waals surface area (Å²) in [7, 11) is 1.89. The van der Waals surface area contributed by atoms with E-state index in [0.717, 1.165) is 25.4 Å². The van der Waals surface area contributed by atoms with Gasteiger partial charge in [-0.25, -0.2) is 4.98 Å². The van der Waals surface area contributed by atoms with E-state index in [2.05, 4.69) is 15.3 Å². The lowest BCUT2D eigenvalue weighted by Gasteiger charge is -2.06. The lowest BCUT2D eigenvalue weighted by molar-refractivity contribution is 0.272. The lowest BCUT2D eigenvalue weighted by atomic mass is 10.3. The van der Waals surface area contributed by atoms with Gasteiger partial charge in [-0.3, -0.25) is 10.3 Å². The molecule has 20 heavy (non-hydrogen) atoms. The fourth-order valence-corrected chi connectivity index (χ4v) is 4.49. The van der Waals surface area contributed by atoms with Crippen molar-refractivity contribution in [2.24, 2.45) is 0 Å². The van der Waals surface area contributed by atoms with Crippen LogP contribution in [0.3, 0.4) is 0 Å². The van der Waals surface area contributed by atoms with E-state index in [1.54, 1.807) is 29.3 Å². The zero-order valence-corrected chi connectivity index (χ0v) is 13.7. The van der Waals surface area contributed by atoms with Crippen LogP contribution in [0.25, 0.3) is 0 Å². The zero-order chi connectivity index (χ0) is 14.3. The normalized spacial score (nSPS) is 21.2. The molecule has 0 amide bonds. The fourth-order valence-electron chi connectivity index (χ4n) is 1.84. The van der Waals surface area contributed by atoms with Crippen molar-refractivity contribution in [2.45, 2.75) is 28.7 Å². The summed E-state index contributed by atoms with van der Waals surface area (Å²) in [5, 5.41) is 4.83. The van der Waals surface area contributed by atoms with Crippen LogP contribution in [-0.2, 0) is 10.5 Å². The maximum Gasteiger partial charge on any atom is 0.195 e. The molecule has 0 aromatic carbocycles. The number of likely N-dealkylation sites (N-methyl/N-ethyl adjacent to an activating group) is 1. The monoisotopic (exact) mass is 327 g/mol. The first-order valence-electron chi connectivity index (χ1n) is 6.14. The Labute approximate surface area is 130 Å². The van der Waals surface area contributed by atoms with Gasteiger partial charge in [0.1, 0.15) is 5.01 Å². The number of ether oxygens (including phenoxy) is 1. The minimum atomic E-state index is -0.370. The summed E-state index contributed by atoms with van der Waals surface area (Å²) in [5.41, 5.74) is 1.71. The Kier molecular flexibility index (Phi) is 3.77. The van der Waals surface area contributed by atoms with E-state index >= 15 is 0 Å². The second kappa shape index (κ2) is 5.27. The van der Waals surface area contributed by atoms with Gasteiger partial charge in [-0.2, -0.15) is 0 Å². The molecule has 106 valence electrons. The third-order valence-electron chi connectivity index (χ3n) is 3.16. The van der Waals surface area contributed by atoms with E-state index in [1.807, 2.05) is 27.1 Å². The summed E-state index contributed by atoms with van der Waals surface area (Å²) < 4.78 is 6.63. The molecule has 2 aromatic rings. The molecule has 1 aliphatic rings. The molecular weight excluding hydrogens is 314 g/mol. The van der Waals surface area contributed by atoms with Crippen LogP contribution in [0.5, 0.6) is 0 Å². The van der Waals surface area contributed by atoms with Crippen LogP contribution in [0, 0.1) is 13.8 Å². The van der Waals surface area contributed by atoms with Crippen molar-refractivity contribution in [3.63, 3.8) is 0 Å². The predicted octanol–water partition coefficient (Wildman–Crippen LogP) is 3.36. The van der Waals surface area contributed by atoms with Gasteiger partial charge in [0.05, 0.1) is 21.5 Å². The maximum absolute atomic E-state index is 6.23. The summed E-state index contributed by atoms with van der Waals surface area (Å²) in [5.74, 6) is 0. The van der Waals surface area contributed by atoms with E-state index in [9.17, 15) is 0 Å². The molecule has 0 saturated carbocycles. The van der Waals surface area contributed by atoms with Crippen LogP contribution in [-0.4, -0.2) is 23.6 Å². The topological polar surface area (TPSA) is 50.3 Å². The number of halogens is 1. The van der Waals surface area contributed by atoms with Crippen molar-refractivity contribution >= 4 is 34.7 Å². The molecule has 4 nitrogen and oxygen atoms in total. The Hall–Kier alpha value is -0.660. The first-order chi connectivity index (χ1) is 9.55. The first kappa shape index (κ1) is 14.3. The highest BCUT2D eigenvalue weighted by Gasteiger charge is 2.48. The Balaban J connectivity index is 1.92. The van der Waals surface area contributed by atoms with E-state index in [0.29, 0.717) is 11.6 Å². The average molecular weight is 328 g/mol. The molecule has 1 fully saturated rings. The fraction of sp³-hybridized carbons (Fsp3) is 0.385. The molecule has 7 heteroatoms. The largest absolute Gasteiger partial charge is 0.347 e. The Morgan fingerprint density at radius 2 is 2.20 bits per heavy atom. The molecule has 3 rings (SSSR count). The minimum Gasteiger partial charge on any atom is -0.347 e. The van der Waals surface area contributed by atoms with Gasteiger partial charge in [-0.15, -0.1) is 11.3 Å². The number of aromatic nitrogens is 2. The van der Waals surface area contributed by atoms with Gasteiger partial charge < -0.3 is 4.74 Å². The average Bonchev–Trinajstić information content (AvgIpc) is 3.14. The third kappa shape index (κ3) is 2.46. The van der Waals surface area contributed by atoms with Crippen molar-refractivity contribution < 1.29 is 4.74 Å². The van der Waals surface area contributed by atoms with Gasteiger partial charge in [-0.1, -0.05) is 23.4 Å². The molecule has 0 spiro atoms.